The van der Waals surface area contributed by atoms with E-state index in [0.717, 1.165) is 6.92 Å². The van der Waals surface area contributed by atoms with Gasteiger partial charge in [-0.2, -0.15) is 0 Å². The molecule has 0 bridgehead atoms. The van der Waals surface area contributed by atoms with Crippen LogP contribution in [-0.2, 0) is 24.0 Å². The Morgan fingerprint density at radius 1 is 1.04 bits per heavy atom. The molecular formula is C13H22N4O8. The molecule has 0 aliphatic rings. The van der Waals surface area contributed by atoms with E-state index in [4.69, 9.17) is 21.7 Å². The molecule has 0 unspecified atom stereocenters. The topological polar surface area (TPSA) is 222 Å². The number of primary amides is 1. The second-order valence-corrected chi connectivity index (χ2v) is 5.34. The molecule has 0 heterocycles. The quantitative estimate of drug-likeness (QED) is 0.193. The number of nitrogens with one attached hydrogen (secondary N) is 2. The maximum absolute atomic E-state index is 12.1. The Morgan fingerprint density at radius 2 is 1.60 bits per heavy atom. The number of amides is 3. The lowest BCUT2D eigenvalue weighted by Crippen LogP contribution is -2.58. The Morgan fingerprint density at radius 3 is 2.00 bits per heavy atom. The van der Waals surface area contributed by atoms with E-state index in [1.807, 2.05) is 5.32 Å². The number of carboxylic acids is 2. The first-order chi connectivity index (χ1) is 11.5. The van der Waals surface area contributed by atoms with Gasteiger partial charge in [-0.15, -0.1) is 0 Å². The minimum absolute atomic E-state index is 0.200. The Kier molecular flexibility index (Phi) is 9.09. The van der Waals surface area contributed by atoms with Gasteiger partial charge in [0.15, 0.2) is 0 Å². The van der Waals surface area contributed by atoms with Crippen molar-refractivity contribution in [3.8, 4) is 0 Å². The molecule has 0 saturated heterocycles. The molecule has 0 aliphatic carbocycles. The van der Waals surface area contributed by atoms with Crippen molar-refractivity contribution in [2.45, 2.75) is 50.4 Å². The number of aliphatic hydroxyl groups is 1. The maximum atomic E-state index is 12.1. The average Bonchev–Trinajstić information content (AvgIpc) is 2.47. The smallest absolute Gasteiger partial charge is 0.326 e. The van der Waals surface area contributed by atoms with Crippen molar-refractivity contribution >= 4 is 29.7 Å². The first kappa shape index (κ1) is 22.3. The number of carbonyl (C=O) groups is 5. The summed E-state index contributed by atoms with van der Waals surface area (Å²) in [5.41, 5.74) is 10.4. The lowest BCUT2D eigenvalue weighted by molar-refractivity contribution is -0.144. The zero-order valence-corrected chi connectivity index (χ0v) is 13.5. The van der Waals surface area contributed by atoms with Crippen molar-refractivity contribution in [3.63, 3.8) is 0 Å². The number of rotatable bonds is 11. The predicted octanol–water partition coefficient (Wildman–Crippen LogP) is -3.51. The van der Waals surface area contributed by atoms with Gasteiger partial charge in [-0.1, -0.05) is 0 Å². The van der Waals surface area contributed by atoms with Gasteiger partial charge in [0.1, 0.15) is 12.1 Å². The molecule has 0 aromatic carbocycles. The van der Waals surface area contributed by atoms with Crippen LogP contribution in [0.3, 0.4) is 0 Å². The molecule has 12 heteroatoms. The summed E-state index contributed by atoms with van der Waals surface area (Å²) >= 11 is 0. The average molecular weight is 362 g/mol. The third-order valence-corrected chi connectivity index (χ3v) is 3.09. The van der Waals surface area contributed by atoms with Gasteiger partial charge in [-0.3, -0.25) is 19.2 Å². The van der Waals surface area contributed by atoms with Crippen LogP contribution in [0, 0.1) is 0 Å². The zero-order chi connectivity index (χ0) is 19.7. The van der Waals surface area contributed by atoms with Crippen LogP contribution >= 0.6 is 0 Å². The lowest BCUT2D eigenvalue weighted by Gasteiger charge is -2.24. The van der Waals surface area contributed by atoms with Crippen molar-refractivity contribution in [2.24, 2.45) is 11.5 Å². The third kappa shape index (κ3) is 8.62. The van der Waals surface area contributed by atoms with Crippen molar-refractivity contribution in [2.75, 3.05) is 0 Å². The Labute approximate surface area is 142 Å². The normalized spacial score (nSPS) is 15.3. The molecule has 0 saturated carbocycles. The summed E-state index contributed by atoms with van der Waals surface area (Å²) in [4.78, 5) is 56.2. The number of nitrogens with two attached hydrogens (primary N) is 2. The summed E-state index contributed by atoms with van der Waals surface area (Å²) in [6.07, 6.45) is -2.67. The van der Waals surface area contributed by atoms with Gasteiger partial charge in [0.25, 0.3) is 0 Å². The molecule has 0 aromatic rings. The van der Waals surface area contributed by atoms with Crippen molar-refractivity contribution in [1.82, 2.24) is 10.6 Å². The Hall–Kier alpha value is -2.73. The largest absolute Gasteiger partial charge is 0.481 e. The van der Waals surface area contributed by atoms with Crippen LogP contribution in [0.25, 0.3) is 0 Å². The van der Waals surface area contributed by atoms with Gasteiger partial charge in [-0.25, -0.2) is 4.79 Å². The molecule has 0 fully saturated rings. The van der Waals surface area contributed by atoms with Crippen LogP contribution in [-0.4, -0.2) is 69.2 Å². The SMILES string of the molecule is C[C@@H](O)[C@H](NC(=O)[C@@H](N)CCC(=O)O)C(=O)N[C@@H](CC(N)=O)C(=O)O. The number of carboxylic acid groups (broad SMARTS) is 2. The second-order valence-electron chi connectivity index (χ2n) is 5.34. The first-order valence-electron chi connectivity index (χ1n) is 7.23. The van der Waals surface area contributed by atoms with E-state index in [9.17, 15) is 29.1 Å². The molecule has 0 aromatic heterocycles. The summed E-state index contributed by atoms with van der Waals surface area (Å²) in [6, 6.07) is -4.44. The Balaban J connectivity index is 4.94. The summed E-state index contributed by atoms with van der Waals surface area (Å²) < 4.78 is 0. The maximum Gasteiger partial charge on any atom is 0.326 e. The Bertz CT molecular complexity index is 536. The van der Waals surface area contributed by atoms with Crippen LogP contribution in [0.15, 0.2) is 0 Å². The molecule has 3 amide bonds. The number of aliphatic carboxylic acids is 2. The van der Waals surface area contributed by atoms with Crippen LogP contribution in [0.5, 0.6) is 0 Å². The van der Waals surface area contributed by atoms with Crippen molar-refractivity contribution < 1.29 is 39.3 Å². The number of aliphatic hydroxyl groups excluding tert-OH is 1. The van der Waals surface area contributed by atoms with Crippen LogP contribution < -0.4 is 22.1 Å². The molecule has 142 valence electrons. The van der Waals surface area contributed by atoms with Crippen LogP contribution in [0.4, 0.5) is 0 Å². The minimum Gasteiger partial charge on any atom is -0.481 e. The molecule has 0 radical (unpaired) electrons. The fourth-order valence-electron chi connectivity index (χ4n) is 1.74. The molecule has 0 aliphatic heterocycles. The minimum atomic E-state index is -1.64. The highest BCUT2D eigenvalue weighted by Crippen LogP contribution is 2.01. The fourth-order valence-corrected chi connectivity index (χ4v) is 1.74. The zero-order valence-electron chi connectivity index (χ0n) is 13.5. The second kappa shape index (κ2) is 10.2. The number of hydrogen-bond acceptors (Lipinski definition) is 7. The van der Waals surface area contributed by atoms with Gasteiger partial charge in [0, 0.05) is 6.42 Å². The highest BCUT2D eigenvalue weighted by Gasteiger charge is 2.31. The van der Waals surface area contributed by atoms with E-state index in [1.54, 1.807) is 0 Å². The molecular weight excluding hydrogens is 340 g/mol. The summed E-state index contributed by atoms with van der Waals surface area (Å²) in [5.74, 6) is -5.63. The van der Waals surface area contributed by atoms with Gasteiger partial charge in [0.05, 0.1) is 18.6 Å². The van der Waals surface area contributed by atoms with Gasteiger partial charge in [0.2, 0.25) is 17.7 Å². The fraction of sp³-hybridized carbons (Fsp3) is 0.615. The summed E-state index contributed by atoms with van der Waals surface area (Å²) in [5, 5.41) is 31.2. The van der Waals surface area contributed by atoms with Gasteiger partial charge >= 0.3 is 11.9 Å². The van der Waals surface area contributed by atoms with Crippen molar-refractivity contribution in [3.05, 3.63) is 0 Å². The highest BCUT2D eigenvalue weighted by molar-refractivity contribution is 5.93. The highest BCUT2D eigenvalue weighted by atomic mass is 16.4. The van der Waals surface area contributed by atoms with E-state index >= 15 is 0 Å². The lowest BCUT2D eigenvalue weighted by atomic mass is 10.1. The summed E-state index contributed by atoms with van der Waals surface area (Å²) in [6.45, 7) is 1.16. The monoisotopic (exact) mass is 362 g/mol. The number of hydrogen-bond donors (Lipinski definition) is 7. The summed E-state index contributed by atoms with van der Waals surface area (Å²) in [7, 11) is 0. The van der Waals surface area contributed by atoms with E-state index in [2.05, 4.69) is 5.32 Å². The van der Waals surface area contributed by atoms with Gasteiger partial charge < -0.3 is 37.4 Å². The molecule has 12 nitrogen and oxygen atoms in total. The molecule has 9 N–H and O–H groups in total. The molecule has 4 atom stereocenters. The predicted molar refractivity (Wildman–Crippen MR) is 81.8 cm³/mol. The standard InChI is InChI=1S/C13H22N4O8/c1-5(18)10(17-11(22)6(14)2-3-9(20)21)12(23)16-7(13(24)25)4-8(15)19/h5-7,10,18H,2-4,14H2,1H3,(H2,15,19)(H,16,23)(H,17,22)(H,20,21)(H,24,25)/t5-,6+,7+,10+/m1/s1. The molecule has 0 rings (SSSR count). The number of carbonyl (C=O) groups excluding carboxylic acids is 3. The molecule has 0 spiro atoms. The van der Waals surface area contributed by atoms with E-state index in [-0.39, 0.29) is 12.8 Å². The van der Waals surface area contributed by atoms with E-state index in [1.165, 1.54) is 0 Å². The molecule has 25 heavy (non-hydrogen) atoms. The van der Waals surface area contributed by atoms with E-state index < -0.39 is 60.3 Å². The van der Waals surface area contributed by atoms with Crippen molar-refractivity contribution in [1.29, 1.82) is 0 Å². The van der Waals surface area contributed by atoms with E-state index in [0.29, 0.717) is 0 Å². The van der Waals surface area contributed by atoms with Crippen LogP contribution in [0.1, 0.15) is 26.2 Å². The first-order valence-corrected chi connectivity index (χ1v) is 7.23. The third-order valence-electron chi connectivity index (χ3n) is 3.09. The van der Waals surface area contributed by atoms with Gasteiger partial charge in [-0.05, 0) is 13.3 Å². The van der Waals surface area contributed by atoms with Crippen LogP contribution in [0.2, 0.25) is 0 Å².